The number of esters is 1. The molecule has 0 aromatic rings. The highest BCUT2D eigenvalue weighted by molar-refractivity contribution is 5.83. The molecule has 0 radical (unpaired) electrons. The second kappa shape index (κ2) is 8.34. The number of aliphatic carboxylic acids is 1. The summed E-state index contributed by atoms with van der Waals surface area (Å²) in [5.41, 5.74) is 0. The molecule has 7 nitrogen and oxygen atoms in total. The molecule has 110 valence electrons. The third kappa shape index (κ3) is 7.28. The smallest absolute Gasteiger partial charge is 0.326 e. The molecule has 0 aromatic carbocycles. The topological polar surface area (TPSA) is 95.9 Å². The lowest BCUT2D eigenvalue weighted by molar-refractivity contribution is -0.142. The molecule has 2 N–H and O–H groups in total. The fourth-order valence-electron chi connectivity index (χ4n) is 1.51. The fraction of sp³-hybridized carbons (Fsp3) is 0.750. The second-order valence-electron chi connectivity index (χ2n) is 4.73. The van der Waals surface area contributed by atoms with Gasteiger partial charge < -0.3 is 20.1 Å². The van der Waals surface area contributed by atoms with Crippen molar-refractivity contribution in [1.82, 2.24) is 10.2 Å². The molecule has 0 bridgehead atoms. The van der Waals surface area contributed by atoms with Crippen LogP contribution in [0.5, 0.6) is 0 Å². The zero-order valence-electron chi connectivity index (χ0n) is 11.8. The van der Waals surface area contributed by atoms with E-state index in [-0.39, 0.29) is 18.8 Å². The lowest BCUT2D eigenvalue weighted by Crippen LogP contribution is -2.47. The lowest BCUT2D eigenvalue weighted by atomic mass is 10.1. The van der Waals surface area contributed by atoms with Crippen LogP contribution < -0.4 is 5.32 Å². The first kappa shape index (κ1) is 17.2. The first-order valence-electron chi connectivity index (χ1n) is 6.09. The highest BCUT2D eigenvalue weighted by atomic mass is 16.5. The summed E-state index contributed by atoms with van der Waals surface area (Å²) in [7, 11) is 2.82. The van der Waals surface area contributed by atoms with Gasteiger partial charge in [-0.25, -0.2) is 9.59 Å². The monoisotopic (exact) mass is 274 g/mol. The van der Waals surface area contributed by atoms with Crippen LogP contribution in [-0.4, -0.2) is 54.7 Å². The van der Waals surface area contributed by atoms with Gasteiger partial charge in [0.1, 0.15) is 6.04 Å². The van der Waals surface area contributed by atoms with Crippen molar-refractivity contribution in [3.05, 3.63) is 0 Å². The van der Waals surface area contributed by atoms with Crippen LogP contribution in [0.3, 0.4) is 0 Å². The summed E-state index contributed by atoms with van der Waals surface area (Å²) >= 11 is 0. The van der Waals surface area contributed by atoms with Crippen LogP contribution in [0, 0.1) is 5.92 Å². The standard InChI is InChI=1S/C12H22N2O5/c1-8(2)7-14(3)12(18)13-9(11(16)17)5-6-10(15)19-4/h8-9H,5-7H2,1-4H3,(H,13,18)(H,16,17)/t9-/m1/s1. The van der Waals surface area contributed by atoms with Crippen LogP contribution in [-0.2, 0) is 14.3 Å². The van der Waals surface area contributed by atoms with Crippen LogP contribution in [0.25, 0.3) is 0 Å². The summed E-state index contributed by atoms with van der Waals surface area (Å²) in [5, 5.41) is 11.4. The van der Waals surface area contributed by atoms with Crippen LogP contribution in [0.4, 0.5) is 4.79 Å². The molecule has 0 heterocycles. The minimum Gasteiger partial charge on any atom is -0.480 e. The Labute approximate surface area is 112 Å². The van der Waals surface area contributed by atoms with Crippen LogP contribution in [0.1, 0.15) is 26.7 Å². The minimum absolute atomic E-state index is 0.00324. The molecule has 0 fully saturated rings. The van der Waals surface area contributed by atoms with E-state index in [4.69, 9.17) is 5.11 Å². The third-order valence-electron chi connectivity index (χ3n) is 2.45. The van der Waals surface area contributed by atoms with Crippen molar-refractivity contribution in [2.45, 2.75) is 32.7 Å². The summed E-state index contributed by atoms with van der Waals surface area (Å²) in [6, 6.07) is -1.56. The lowest BCUT2D eigenvalue weighted by Gasteiger charge is -2.22. The van der Waals surface area contributed by atoms with Gasteiger partial charge in [-0.15, -0.1) is 0 Å². The Hall–Kier alpha value is -1.79. The van der Waals surface area contributed by atoms with Gasteiger partial charge in [0.25, 0.3) is 0 Å². The summed E-state index contributed by atoms with van der Waals surface area (Å²) < 4.78 is 4.43. The predicted octanol–water partition coefficient (Wildman–Crippen LogP) is 0.690. The number of carboxylic acids is 1. The maximum absolute atomic E-state index is 11.7. The Bertz CT molecular complexity index is 330. The number of carbonyl (C=O) groups is 3. The van der Waals surface area contributed by atoms with E-state index in [1.807, 2.05) is 13.8 Å². The Morgan fingerprint density at radius 2 is 1.89 bits per heavy atom. The van der Waals surface area contributed by atoms with Crippen molar-refractivity contribution in [2.75, 3.05) is 20.7 Å². The SMILES string of the molecule is COC(=O)CC[C@@H](NC(=O)N(C)CC(C)C)C(=O)O. The van der Waals surface area contributed by atoms with Gasteiger partial charge in [0.15, 0.2) is 0 Å². The van der Waals surface area contributed by atoms with Gasteiger partial charge in [-0.05, 0) is 12.3 Å². The van der Waals surface area contributed by atoms with E-state index in [9.17, 15) is 14.4 Å². The number of nitrogens with one attached hydrogen (secondary N) is 1. The van der Waals surface area contributed by atoms with Crippen molar-refractivity contribution < 1.29 is 24.2 Å². The van der Waals surface area contributed by atoms with E-state index in [1.165, 1.54) is 12.0 Å². The van der Waals surface area contributed by atoms with Gasteiger partial charge in [-0.3, -0.25) is 4.79 Å². The van der Waals surface area contributed by atoms with Gasteiger partial charge in [-0.2, -0.15) is 0 Å². The number of urea groups is 1. The molecule has 0 aliphatic heterocycles. The largest absolute Gasteiger partial charge is 0.480 e. The molecule has 0 spiro atoms. The molecule has 0 aromatic heterocycles. The highest BCUT2D eigenvalue weighted by Gasteiger charge is 2.22. The van der Waals surface area contributed by atoms with Crippen LogP contribution in [0.2, 0.25) is 0 Å². The van der Waals surface area contributed by atoms with Gasteiger partial charge in [0.2, 0.25) is 0 Å². The number of ether oxygens (including phenoxy) is 1. The number of hydrogen-bond donors (Lipinski definition) is 2. The quantitative estimate of drug-likeness (QED) is 0.666. The predicted molar refractivity (Wildman–Crippen MR) is 68.7 cm³/mol. The Morgan fingerprint density at radius 3 is 2.32 bits per heavy atom. The molecule has 0 saturated heterocycles. The Kier molecular flexibility index (Phi) is 7.55. The molecule has 19 heavy (non-hydrogen) atoms. The molecular formula is C12H22N2O5. The first-order chi connectivity index (χ1) is 8.77. The normalized spacial score (nSPS) is 11.8. The maximum atomic E-state index is 11.7. The van der Waals surface area contributed by atoms with Crippen LogP contribution in [0.15, 0.2) is 0 Å². The van der Waals surface area contributed by atoms with Gasteiger partial charge in [-0.1, -0.05) is 13.8 Å². The van der Waals surface area contributed by atoms with E-state index in [1.54, 1.807) is 7.05 Å². The Morgan fingerprint density at radius 1 is 1.32 bits per heavy atom. The Balaban J connectivity index is 4.37. The van der Waals surface area contributed by atoms with Crippen molar-refractivity contribution in [3.8, 4) is 0 Å². The van der Waals surface area contributed by atoms with Gasteiger partial charge in [0, 0.05) is 20.0 Å². The summed E-state index contributed by atoms with van der Waals surface area (Å²) in [4.78, 5) is 35.1. The number of carbonyl (C=O) groups excluding carboxylic acids is 2. The van der Waals surface area contributed by atoms with Crippen molar-refractivity contribution in [3.63, 3.8) is 0 Å². The van der Waals surface area contributed by atoms with E-state index >= 15 is 0 Å². The summed E-state index contributed by atoms with van der Waals surface area (Å²) in [5.74, 6) is -1.39. The van der Waals surface area contributed by atoms with E-state index < -0.39 is 24.0 Å². The van der Waals surface area contributed by atoms with E-state index in [2.05, 4.69) is 10.1 Å². The number of carboxylic acid groups (broad SMARTS) is 1. The molecule has 0 aliphatic rings. The van der Waals surface area contributed by atoms with Crippen molar-refractivity contribution in [2.24, 2.45) is 5.92 Å². The average Bonchev–Trinajstić information content (AvgIpc) is 2.32. The summed E-state index contributed by atoms with van der Waals surface area (Å²) in [6.07, 6.45) is -0.0507. The number of nitrogens with zero attached hydrogens (tertiary/aromatic N) is 1. The number of methoxy groups -OCH3 is 1. The number of amides is 2. The summed E-state index contributed by atoms with van der Waals surface area (Å²) in [6.45, 7) is 4.43. The maximum Gasteiger partial charge on any atom is 0.326 e. The number of rotatable bonds is 7. The molecule has 0 rings (SSSR count). The fourth-order valence-corrected chi connectivity index (χ4v) is 1.51. The molecule has 0 saturated carbocycles. The van der Waals surface area contributed by atoms with Crippen molar-refractivity contribution in [1.29, 1.82) is 0 Å². The third-order valence-corrected chi connectivity index (χ3v) is 2.45. The highest BCUT2D eigenvalue weighted by Crippen LogP contribution is 2.02. The van der Waals surface area contributed by atoms with Gasteiger partial charge >= 0.3 is 18.0 Å². The molecular weight excluding hydrogens is 252 g/mol. The van der Waals surface area contributed by atoms with E-state index in [0.717, 1.165) is 0 Å². The van der Waals surface area contributed by atoms with Gasteiger partial charge in [0.05, 0.1) is 7.11 Å². The molecule has 0 unspecified atom stereocenters. The van der Waals surface area contributed by atoms with Crippen molar-refractivity contribution >= 4 is 18.0 Å². The second-order valence-corrected chi connectivity index (χ2v) is 4.73. The first-order valence-corrected chi connectivity index (χ1v) is 6.09. The zero-order chi connectivity index (χ0) is 15.0. The van der Waals surface area contributed by atoms with Crippen LogP contribution >= 0.6 is 0 Å². The zero-order valence-corrected chi connectivity index (χ0v) is 11.8. The molecule has 1 atom stereocenters. The number of hydrogen-bond acceptors (Lipinski definition) is 4. The minimum atomic E-state index is -1.17. The molecule has 0 aliphatic carbocycles. The average molecular weight is 274 g/mol. The molecule has 7 heteroatoms. The molecule has 2 amide bonds. The van der Waals surface area contributed by atoms with E-state index in [0.29, 0.717) is 6.54 Å².